The lowest BCUT2D eigenvalue weighted by Gasteiger charge is -2.29. The number of ether oxygens (including phenoxy) is 1. The second kappa shape index (κ2) is 11.7. The van der Waals surface area contributed by atoms with E-state index in [1.165, 1.54) is 5.56 Å². The highest BCUT2D eigenvalue weighted by Crippen LogP contribution is 2.42. The number of para-hydroxylation sites is 2. The molecule has 0 radical (unpaired) electrons. The van der Waals surface area contributed by atoms with Crippen molar-refractivity contribution in [3.8, 4) is 11.4 Å². The van der Waals surface area contributed by atoms with Gasteiger partial charge in [0, 0.05) is 35.1 Å². The number of nitrogens with zero attached hydrogens (tertiary/aromatic N) is 3. The molecule has 41 heavy (non-hydrogen) atoms. The second-order valence-corrected chi connectivity index (χ2v) is 10.2. The zero-order valence-corrected chi connectivity index (χ0v) is 23.3. The van der Waals surface area contributed by atoms with Crippen molar-refractivity contribution in [1.29, 1.82) is 0 Å². The largest absolute Gasteiger partial charge is 0.484 e. The van der Waals surface area contributed by atoms with Crippen molar-refractivity contribution in [1.82, 2.24) is 14.9 Å². The Hall–Kier alpha value is -4.95. The summed E-state index contributed by atoms with van der Waals surface area (Å²) in [5.74, 6) is 0.418. The maximum atomic E-state index is 12.5. The van der Waals surface area contributed by atoms with E-state index in [1.54, 1.807) is 6.20 Å². The van der Waals surface area contributed by atoms with Crippen LogP contribution in [0.5, 0.6) is 5.75 Å². The van der Waals surface area contributed by atoms with Crippen molar-refractivity contribution in [3.63, 3.8) is 0 Å². The first kappa shape index (κ1) is 26.3. The SMILES string of the molecule is Cc1ccccc1-n1cccc1[C@H]1[C@H](c2ccccn2)NC(=S)N1c1ccc(NC(=O)COc2ccccc2)cc1. The molecule has 1 fully saturated rings. The Labute approximate surface area is 244 Å². The number of aryl methyl sites for hydroxylation is 1. The lowest BCUT2D eigenvalue weighted by molar-refractivity contribution is -0.118. The third kappa shape index (κ3) is 5.55. The Balaban J connectivity index is 1.29. The second-order valence-electron chi connectivity index (χ2n) is 9.78. The van der Waals surface area contributed by atoms with Gasteiger partial charge in [-0.05, 0) is 91.4 Å². The van der Waals surface area contributed by atoms with E-state index in [0.717, 1.165) is 22.8 Å². The van der Waals surface area contributed by atoms with Gasteiger partial charge in [-0.1, -0.05) is 42.5 Å². The average Bonchev–Trinajstić information content (AvgIpc) is 3.62. The van der Waals surface area contributed by atoms with E-state index < -0.39 is 0 Å². The Morgan fingerprint density at radius 3 is 2.44 bits per heavy atom. The molecule has 0 bridgehead atoms. The number of anilines is 2. The first-order valence-corrected chi connectivity index (χ1v) is 13.8. The van der Waals surface area contributed by atoms with Gasteiger partial charge >= 0.3 is 0 Å². The van der Waals surface area contributed by atoms with Crippen LogP contribution in [-0.2, 0) is 4.79 Å². The fourth-order valence-electron chi connectivity index (χ4n) is 5.19. The van der Waals surface area contributed by atoms with Crippen molar-refractivity contribution in [2.75, 3.05) is 16.8 Å². The number of thiocarbonyl (C=S) groups is 1. The number of hydrogen-bond donors (Lipinski definition) is 2. The molecule has 0 saturated carbocycles. The number of rotatable bonds is 8. The highest BCUT2D eigenvalue weighted by molar-refractivity contribution is 7.80. The first-order valence-electron chi connectivity index (χ1n) is 13.4. The summed E-state index contributed by atoms with van der Waals surface area (Å²) in [4.78, 5) is 19.3. The van der Waals surface area contributed by atoms with Crippen LogP contribution in [0.15, 0.2) is 122 Å². The van der Waals surface area contributed by atoms with E-state index in [4.69, 9.17) is 17.0 Å². The van der Waals surface area contributed by atoms with Crippen LogP contribution in [0.25, 0.3) is 5.69 Å². The van der Waals surface area contributed by atoms with Crippen LogP contribution >= 0.6 is 12.2 Å². The maximum absolute atomic E-state index is 12.5. The molecule has 2 atom stereocenters. The van der Waals surface area contributed by atoms with Crippen molar-refractivity contribution in [3.05, 3.63) is 139 Å². The fourth-order valence-corrected chi connectivity index (χ4v) is 5.54. The van der Waals surface area contributed by atoms with Crippen molar-refractivity contribution < 1.29 is 9.53 Å². The summed E-state index contributed by atoms with van der Waals surface area (Å²) in [6.07, 6.45) is 3.89. The van der Waals surface area contributed by atoms with Gasteiger partial charge in [-0.15, -0.1) is 0 Å². The predicted molar refractivity (Wildman–Crippen MR) is 165 cm³/mol. The summed E-state index contributed by atoms with van der Waals surface area (Å²) in [6, 6.07) is 35.1. The van der Waals surface area contributed by atoms with Crippen molar-refractivity contribution in [2.24, 2.45) is 0 Å². The normalized spacial score (nSPS) is 16.3. The molecule has 1 saturated heterocycles. The van der Waals surface area contributed by atoms with Gasteiger partial charge in [0.25, 0.3) is 5.91 Å². The minimum Gasteiger partial charge on any atom is -0.484 e. The molecule has 204 valence electrons. The summed E-state index contributed by atoms with van der Waals surface area (Å²) in [5, 5.41) is 7.04. The van der Waals surface area contributed by atoms with Gasteiger partial charge in [0.05, 0.1) is 11.7 Å². The molecule has 8 heteroatoms. The molecule has 2 aromatic heterocycles. The Morgan fingerprint density at radius 2 is 1.68 bits per heavy atom. The quantitative estimate of drug-likeness (QED) is 0.215. The topological polar surface area (TPSA) is 71.4 Å². The number of carbonyl (C=O) groups excluding carboxylic acids is 1. The number of amides is 1. The van der Waals surface area contributed by atoms with Crippen LogP contribution < -0.4 is 20.3 Å². The smallest absolute Gasteiger partial charge is 0.262 e. The molecule has 5 aromatic rings. The Kier molecular flexibility index (Phi) is 7.47. The Bertz CT molecular complexity index is 1650. The van der Waals surface area contributed by atoms with E-state index in [9.17, 15) is 4.79 Å². The summed E-state index contributed by atoms with van der Waals surface area (Å²) >= 11 is 5.91. The van der Waals surface area contributed by atoms with Gasteiger partial charge in [-0.2, -0.15) is 0 Å². The number of carbonyl (C=O) groups is 1. The van der Waals surface area contributed by atoms with E-state index in [1.807, 2.05) is 78.9 Å². The van der Waals surface area contributed by atoms with Gasteiger partial charge in [0.1, 0.15) is 11.8 Å². The molecule has 0 spiro atoms. The number of nitrogens with one attached hydrogen (secondary N) is 2. The van der Waals surface area contributed by atoms with Crippen LogP contribution in [0.4, 0.5) is 11.4 Å². The highest BCUT2D eigenvalue weighted by atomic mass is 32.1. The molecule has 1 aliphatic heterocycles. The third-order valence-corrected chi connectivity index (χ3v) is 7.41. The number of pyridine rings is 1. The molecule has 7 nitrogen and oxygen atoms in total. The van der Waals surface area contributed by atoms with Gasteiger partial charge in [-0.25, -0.2) is 0 Å². The van der Waals surface area contributed by atoms with Crippen molar-refractivity contribution in [2.45, 2.75) is 19.0 Å². The Morgan fingerprint density at radius 1 is 0.927 bits per heavy atom. The van der Waals surface area contributed by atoms with Crippen molar-refractivity contribution >= 4 is 34.6 Å². The van der Waals surface area contributed by atoms with Gasteiger partial charge in [0.2, 0.25) is 0 Å². The maximum Gasteiger partial charge on any atom is 0.262 e. The van der Waals surface area contributed by atoms with E-state index in [0.29, 0.717) is 16.5 Å². The van der Waals surface area contributed by atoms with Crippen LogP contribution in [0, 0.1) is 6.92 Å². The molecule has 1 amide bonds. The molecule has 0 unspecified atom stereocenters. The number of hydrogen-bond acceptors (Lipinski definition) is 4. The molecule has 1 aliphatic rings. The van der Waals surface area contributed by atoms with Crippen LogP contribution in [-0.4, -0.2) is 27.2 Å². The highest BCUT2D eigenvalue weighted by Gasteiger charge is 2.42. The molecule has 6 rings (SSSR count). The number of benzene rings is 3. The van der Waals surface area contributed by atoms with Gasteiger partial charge in [-0.3, -0.25) is 9.78 Å². The molecule has 2 N–H and O–H groups in total. The molecule has 3 aromatic carbocycles. The van der Waals surface area contributed by atoms with Gasteiger partial charge < -0.3 is 24.8 Å². The summed E-state index contributed by atoms with van der Waals surface area (Å²) in [7, 11) is 0. The monoisotopic (exact) mass is 559 g/mol. The molecule has 3 heterocycles. The standard InChI is InChI=1S/C33H29N5O2S/c1-23-10-5-6-14-28(23)37-21-9-15-29(37)32-31(27-13-7-8-20-34-27)36-33(41)38(32)25-18-16-24(17-19-25)35-30(39)22-40-26-11-3-2-4-12-26/h2-21,31-32H,22H2,1H3,(H,35,39)(H,36,41)/t31-,32-/m0/s1. The number of aromatic nitrogens is 2. The summed E-state index contributed by atoms with van der Waals surface area (Å²) in [5.41, 5.74) is 5.85. The van der Waals surface area contributed by atoms with E-state index in [-0.39, 0.29) is 24.6 Å². The first-order chi connectivity index (χ1) is 20.1. The van der Waals surface area contributed by atoms with E-state index in [2.05, 4.69) is 68.5 Å². The molecular weight excluding hydrogens is 530 g/mol. The molecule has 0 aliphatic carbocycles. The zero-order valence-electron chi connectivity index (χ0n) is 22.5. The zero-order chi connectivity index (χ0) is 28.2. The average molecular weight is 560 g/mol. The van der Waals surface area contributed by atoms with Crippen LogP contribution in [0.3, 0.4) is 0 Å². The third-order valence-electron chi connectivity index (χ3n) is 7.10. The molecular formula is C33H29N5O2S. The van der Waals surface area contributed by atoms with Crippen LogP contribution in [0.1, 0.15) is 29.0 Å². The van der Waals surface area contributed by atoms with E-state index >= 15 is 0 Å². The predicted octanol–water partition coefficient (Wildman–Crippen LogP) is 6.38. The van der Waals surface area contributed by atoms with Crippen LogP contribution in [0.2, 0.25) is 0 Å². The van der Waals surface area contributed by atoms with Gasteiger partial charge in [0.15, 0.2) is 11.7 Å². The minimum atomic E-state index is -0.232. The lowest BCUT2D eigenvalue weighted by Crippen LogP contribution is -2.30. The summed E-state index contributed by atoms with van der Waals surface area (Å²) in [6.45, 7) is 2.04. The summed E-state index contributed by atoms with van der Waals surface area (Å²) < 4.78 is 7.79. The lowest BCUT2D eigenvalue weighted by atomic mass is 10.0. The minimum absolute atomic E-state index is 0.0738. The fraction of sp³-hybridized carbons (Fsp3) is 0.121.